The highest BCUT2D eigenvalue weighted by Crippen LogP contribution is 2.22. The molecule has 0 saturated heterocycles. The van der Waals surface area contributed by atoms with Crippen LogP contribution in [0.15, 0.2) is 57.8 Å². The SMILES string of the molecule is COc1ccc(-c2cc3nn(CC(=O)Nc4ccc(Br)c(C)c4)c(=O)n3c(C)n2)cc1. The van der Waals surface area contributed by atoms with E-state index in [9.17, 15) is 9.59 Å². The minimum atomic E-state index is -0.414. The number of carbonyl (C=O) groups is 1. The van der Waals surface area contributed by atoms with Crippen LogP contribution in [0, 0.1) is 13.8 Å². The van der Waals surface area contributed by atoms with Crippen LogP contribution in [0.3, 0.4) is 0 Å². The summed E-state index contributed by atoms with van der Waals surface area (Å²) in [4.78, 5) is 29.8. The van der Waals surface area contributed by atoms with Gasteiger partial charge in [0.2, 0.25) is 5.91 Å². The summed E-state index contributed by atoms with van der Waals surface area (Å²) >= 11 is 3.43. The molecule has 31 heavy (non-hydrogen) atoms. The molecule has 8 nitrogen and oxygen atoms in total. The average molecular weight is 482 g/mol. The number of benzene rings is 2. The van der Waals surface area contributed by atoms with Crippen molar-refractivity contribution in [2.45, 2.75) is 20.4 Å². The van der Waals surface area contributed by atoms with Crippen LogP contribution in [0.5, 0.6) is 5.75 Å². The number of halogens is 1. The second-order valence-electron chi connectivity index (χ2n) is 7.06. The lowest BCUT2D eigenvalue weighted by Gasteiger charge is -2.06. The molecule has 2 aromatic heterocycles. The van der Waals surface area contributed by atoms with Crippen LogP contribution < -0.4 is 15.7 Å². The second kappa shape index (κ2) is 8.35. The molecule has 1 N–H and O–H groups in total. The third-order valence-electron chi connectivity index (χ3n) is 4.86. The fourth-order valence-electron chi connectivity index (χ4n) is 3.27. The first-order valence-corrected chi connectivity index (χ1v) is 10.3. The zero-order chi connectivity index (χ0) is 22.1. The highest BCUT2D eigenvalue weighted by Gasteiger charge is 2.15. The fraction of sp³-hybridized carbons (Fsp3) is 0.182. The summed E-state index contributed by atoms with van der Waals surface area (Å²) in [6.45, 7) is 3.47. The molecule has 2 aromatic carbocycles. The van der Waals surface area contributed by atoms with Crippen molar-refractivity contribution in [1.82, 2.24) is 19.2 Å². The van der Waals surface area contributed by atoms with Crippen LogP contribution in [-0.2, 0) is 11.3 Å². The number of ether oxygens (including phenoxy) is 1. The lowest BCUT2D eigenvalue weighted by Crippen LogP contribution is -2.28. The van der Waals surface area contributed by atoms with Crippen LogP contribution in [0.1, 0.15) is 11.4 Å². The number of hydrogen-bond donors (Lipinski definition) is 1. The summed E-state index contributed by atoms with van der Waals surface area (Å²) in [5.74, 6) is 0.894. The summed E-state index contributed by atoms with van der Waals surface area (Å²) in [7, 11) is 1.61. The van der Waals surface area contributed by atoms with Gasteiger partial charge in [0.05, 0.1) is 12.8 Å². The quantitative estimate of drug-likeness (QED) is 0.470. The van der Waals surface area contributed by atoms with Gasteiger partial charge < -0.3 is 10.1 Å². The summed E-state index contributed by atoms with van der Waals surface area (Å²) in [5, 5.41) is 7.14. The summed E-state index contributed by atoms with van der Waals surface area (Å²) in [6, 6.07) is 14.7. The Kier molecular flexibility index (Phi) is 5.60. The molecular formula is C22H20BrN5O3. The summed E-state index contributed by atoms with van der Waals surface area (Å²) in [6.07, 6.45) is 0. The molecule has 0 aliphatic rings. The van der Waals surface area contributed by atoms with Gasteiger partial charge in [0.15, 0.2) is 5.65 Å². The zero-order valence-electron chi connectivity index (χ0n) is 17.2. The molecule has 0 radical (unpaired) electrons. The molecule has 9 heteroatoms. The Hall–Kier alpha value is -3.46. The van der Waals surface area contributed by atoms with E-state index in [0.29, 0.717) is 22.9 Å². The van der Waals surface area contributed by atoms with E-state index < -0.39 is 5.69 Å². The van der Waals surface area contributed by atoms with Crippen molar-refractivity contribution in [1.29, 1.82) is 0 Å². The van der Waals surface area contributed by atoms with Gasteiger partial charge in [-0.3, -0.25) is 4.79 Å². The number of carbonyl (C=O) groups excluding carboxylic acids is 1. The molecule has 0 unspecified atom stereocenters. The van der Waals surface area contributed by atoms with Gasteiger partial charge in [0, 0.05) is 21.8 Å². The molecule has 2 heterocycles. The predicted octanol–water partition coefficient (Wildman–Crippen LogP) is 3.58. The summed E-state index contributed by atoms with van der Waals surface area (Å²) < 4.78 is 8.68. The molecule has 0 spiro atoms. The van der Waals surface area contributed by atoms with Crippen molar-refractivity contribution < 1.29 is 9.53 Å². The van der Waals surface area contributed by atoms with Crippen LogP contribution >= 0.6 is 15.9 Å². The lowest BCUT2D eigenvalue weighted by atomic mass is 10.1. The number of aryl methyl sites for hydroxylation is 2. The number of rotatable bonds is 5. The van der Waals surface area contributed by atoms with Crippen molar-refractivity contribution in [3.63, 3.8) is 0 Å². The topological polar surface area (TPSA) is 90.5 Å². The Bertz CT molecular complexity index is 1340. The first-order chi connectivity index (χ1) is 14.9. The van der Waals surface area contributed by atoms with Gasteiger partial charge in [-0.25, -0.2) is 18.9 Å². The standard InChI is InChI=1S/C22H20BrN5O3/c1-13-10-16(6-9-18(13)23)25-21(29)12-27-22(30)28-14(2)24-19(11-20(28)26-27)15-4-7-17(31-3)8-5-15/h4-11H,12H2,1-3H3,(H,25,29). The van der Waals surface area contributed by atoms with Crippen molar-refractivity contribution >= 4 is 33.2 Å². The minimum absolute atomic E-state index is 0.201. The molecule has 4 aromatic rings. The molecule has 1 amide bonds. The normalized spacial score (nSPS) is 11.0. The van der Waals surface area contributed by atoms with E-state index >= 15 is 0 Å². The maximum atomic E-state index is 12.8. The third-order valence-corrected chi connectivity index (χ3v) is 5.75. The number of amides is 1. The molecule has 0 atom stereocenters. The maximum absolute atomic E-state index is 12.8. The second-order valence-corrected chi connectivity index (χ2v) is 7.92. The largest absolute Gasteiger partial charge is 0.497 e. The van der Waals surface area contributed by atoms with E-state index in [0.717, 1.165) is 26.0 Å². The molecule has 0 aliphatic carbocycles. The van der Waals surface area contributed by atoms with E-state index in [2.05, 4.69) is 31.3 Å². The van der Waals surface area contributed by atoms with Crippen LogP contribution in [0.4, 0.5) is 5.69 Å². The van der Waals surface area contributed by atoms with E-state index in [1.54, 1.807) is 26.2 Å². The van der Waals surface area contributed by atoms with E-state index in [1.165, 1.54) is 4.40 Å². The Morgan fingerprint density at radius 2 is 1.87 bits per heavy atom. The van der Waals surface area contributed by atoms with E-state index in [-0.39, 0.29) is 12.5 Å². The zero-order valence-corrected chi connectivity index (χ0v) is 18.8. The van der Waals surface area contributed by atoms with Gasteiger partial charge in [-0.2, -0.15) is 0 Å². The number of aromatic nitrogens is 4. The molecule has 158 valence electrons. The van der Waals surface area contributed by atoms with Gasteiger partial charge >= 0.3 is 5.69 Å². The first-order valence-electron chi connectivity index (χ1n) is 9.53. The number of methoxy groups -OCH3 is 1. The Morgan fingerprint density at radius 3 is 2.55 bits per heavy atom. The monoisotopic (exact) mass is 481 g/mol. The van der Waals surface area contributed by atoms with Crippen molar-refractivity contribution in [2.24, 2.45) is 0 Å². The van der Waals surface area contributed by atoms with Crippen molar-refractivity contribution in [3.8, 4) is 17.0 Å². The smallest absolute Gasteiger partial charge is 0.352 e. The van der Waals surface area contributed by atoms with Crippen molar-refractivity contribution in [3.05, 3.63) is 74.9 Å². The third kappa shape index (κ3) is 4.22. The maximum Gasteiger partial charge on any atom is 0.352 e. The number of hydrogen-bond acceptors (Lipinski definition) is 5. The van der Waals surface area contributed by atoms with Crippen molar-refractivity contribution in [2.75, 3.05) is 12.4 Å². The van der Waals surface area contributed by atoms with Crippen LogP contribution in [0.2, 0.25) is 0 Å². The van der Waals surface area contributed by atoms with Crippen LogP contribution in [-0.4, -0.2) is 32.2 Å². The highest BCUT2D eigenvalue weighted by molar-refractivity contribution is 9.10. The highest BCUT2D eigenvalue weighted by atomic mass is 79.9. The van der Waals surface area contributed by atoms with Gasteiger partial charge in [-0.15, -0.1) is 5.10 Å². The number of nitrogens with one attached hydrogen (secondary N) is 1. The van der Waals surface area contributed by atoms with Gasteiger partial charge in [0.25, 0.3) is 0 Å². The fourth-order valence-corrected chi connectivity index (χ4v) is 3.52. The van der Waals surface area contributed by atoms with E-state index in [4.69, 9.17) is 4.74 Å². The van der Waals surface area contributed by atoms with Gasteiger partial charge in [0.1, 0.15) is 18.1 Å². The molecule has 0 aliphatic heterocycles. The summed E-state index contributed by atoms with van der Waals surface area (Å²) in [5.41, 5.74) is 3.22. The van der Waals surface area contributed by atoms with Gasteiger partial charge in [-0.1, -0.05) is 15.9 Å². The molecule has 4 rings (SSSR count). The molecule has 0 bridgehead atoms. The lowest BCUT2D eigenvalue weighted by molar-refractivity contribution is -0.117. The minimum Gasteiger partial charge on any atom is -0.497 e. The Balaban J connectivity index is 1.62. The molecule has 0 saturated carbocycles. The first kappa shape index (κ1) is 20.8. The number of nitrogens with zero attached hydrogens (tertiary/aromatic N) is 4. The Morgan fingerprint density at radius 1 is 1.13 bits per heavy atom. The van der Waals surface area contributed by atoms with Crippen LogP contribution in [0.25, 0.3) is 16.9 Å². The number of fused-ring (bicyclic) bond motifs is 1. The number of anilines is 1. The average Bonchev–Trinajstić information content (AvgIpc) is 3.06. The predicted molar refractivity (Wildman–Crippen MR) is 121 cm³/mol. The van der Waals surface area contributed by atoms with E-state index in [1.807, 2.05) is 43.3 Å². The molecule has 0 fully saturated rings. The Labute approximate surface area is 186 Å². The van der Waals surface area contributed by atoms with Gasteiger partial charge in [-0.05, 0) is 61.9 Å². The molecular weight excluding hydrogens is 462 g/mol.